The van der Waals surface area contributed by atoms with Crippen LogP contribution >= 0.6 is 0 Å². The van der Waals surface area contributed by atoms with Crippen LogP contribution < -0.4 is 10.1 Å². The summed E-state index contributed by atoms with van der Waals surface area (Å²) in [6.07, 6.45) is -11.6. The Balaban J connectivity index is 3.21. The molecule has 0 aliphatic heterocycles. The van der Waals surface area contributed by atoms with Crippen molar-refractivity contribution in [1.82, 2.24) is 0 Å². The smallest absolute Gasteiger partial charge is 0.411 e. The van der Waals surface area contributed by atoms with Crippen LogP contribution in [0.25, 0.3) is 0 Å². The summed E-state index contributed by atoms with van der Waals surface area (Å²) in [6.45, 7) is -0.211. The van der Waals surface area contributed by atoms with Crippen LogP contribution in [0.2, 0.25) is 0 Å². The predicted molar refractivity (Wildman–Crippen MR) is 61.8 cm³/mol. The van der Waals surface area contributed by atoms with Crippen LogP contribution in [0, 0.1) is 5.41 Å². The number of benzene rings is 1. The third kappa shape index (κ3) is 3.06. The summed E-state index contributed by atoms with van der Waals surface area (Å²) >= 11 is 0. The van der Waals surface area contributed by atoms with E-state index in [2.05, 4.69) is 0 Å². The van der Waals surface area contributed by atoms with Gasteiger partial charge in [-0.2, -0.15) is 26.3 Å². The Morgan fingerprint density at radius 2 is 1.52 bits per heavy atom. The third-order valence-corrected chi connectivity index (χ3v) is 2.94. The number of nitrogens with one attached hydrogen (secondary N) is 1. The quantitative estimate of drug-likeness (QED) is 0.863. The highest BCUT2D eigenvalue weighted by Crippen LogP contribution is 2.50. The second-order valence-corrected chi connectivity index (χ2v) is 4.27. The molecule has 21 heavy (non-hydrogen) atoms. The first-order valence-corrected chi connectivity index (χ1v) is 5.53. The number of hydrogen-bond acceptors (Lipinski definition) is 2. The number of halogens is 6. The molecule has 1 N–H and O–H groups in total. The Morgan fingerprint density at radius 1 is 1.05 bits per heavy atom. The Labute approximate surface area is 115 Å². The number of rotatable bonds is 3. The van der Waals surface area contributed by atoms with Gasteiger partial charge >= 0.3 is 12.4 Å². The molecular weight excluding hydrogens is 304 g/mol. The summed E-state index contributed by atoms with van der Waals surface area (Å²) in [5, 5.41) is 1.61. The van der Waals surface area contributed by atoms with Crippen molar-refractivity contribution in [2.45, 2.75) is 19.3 Å². The standard InChI is InChI=1S/C12H11F6NO2/c1-10(11(13,14)15,12(16,17)18)9(20)19-7-5-3-4-6-8(7)21-2/h3-6H,1-2H3,(H,19,20). The highest BCUT2D eigenvalue weighted by atomic mass is 19.4. The van der Waals surface area contributed by atoms with Crippen molar-refractivity contribution in [3.8, 4) is 5.75 Å². The van der Waals surface area contributed by atoms with E-state index in [-0.39, 0.29) is 18.4 Å². The largest absolute Gasteiger partial charge is 0.495 e. The van der Waals surface area contributed by atoms with Gasteiger partial charge in [0.1, 0.15) is 5.75 Å². The number of amides is 1. The Hall–Kier alpha value is -1.93. The fraction of sp³-hybridized carbons (Fsp3) is 0.417. The second-order valence-electron chi connectivity index (χ2n) is 4.27. The van der Waals surface area contributed by atoms with Crippen molar-refractivity contribution in [2.75, 3.05) is 12.4 Å². The summed E-state index contributed by atoms with van der Waals surface area (Å²) in [7, 11) is 1.16. The van der Waals surface area contributed by atoms with Crippen molar-refractivity contribution in [3.63, 3.8) is 0 Å². The normalized spacial score (nSPS) is 13.0. The summed E-state index contributed by atoms with van der Waals surface area (Å²) in [4.78, 5) is 11.6. The summed E-state index contributed by atoms with van der Waals surface area (Å²) < 4.78 is 81.1. The summed E-state index contributed by atoms with van der Waals surface area (Å²) in [5.41, 5.74) is -4.81. The Kier molecular flexibility index (Phi) is 4.45. The molecule has 1 rings (SSSR count). The molecule has 0 saturated heterocycles. The van der Waals surface area contributed by atoms with Crippen molar-refractivity contribution in [1.29, 1.82) is 0 Å². The molecular formula is C12H11F6NO2. The van der Waals surface area contributed by atoms with Gasteiger partial charge in [0.15, 0.2) is 0 Å². The molecule has 0 unspecified atom stereocenters. The van der Waals surface area contributed by atoms with E-state index in [1.165, 1.54) is 18.2 Å². The van der Waals surface area contributed by atoms with E-state index >= 15 is 0 Å². The minimum Gasteiger partial charge on any atom is -0.495 e. The van der Waals surface area contributed by atoms with Gasteiger partial charge in [0.05, 0.1) is 12.8 Å². The molecule has 0 fully saturated rings. The molecule has 0 atom stereocenters. The van der Waals surface area contributed by atoms with Crippen LogP contribution in [-0.4, -0.2) is 25.4 Å². The fourth-order valence-electron chi connectivity index (χ4n) is 1.41. The molecule has 1 aromatic carbocycles. The number of methoxy groups -OCH3 is 1. The molecule has 0 aliphatic rings. The molecule has 9 heteroatoms. The zero-order valence-electron chi connectivity index (χ0n) is 10.9. The van der Waals surface area contributed by atoms with Crippen LogP contribution in [-0.2, 0) is 4.79 Å². The van der Waals surface area contributed by atoms with E-state index in [0.29, 0.717) is 0 Å². The number of ether oxygens (including phenoxy) is 1. The maximum atomic E-state index is 12.7. The molecule has 0 radical (unpaired) electrons. The topological polar surface area (TPSA) is 38.3 Å². The van der Waals surface area contributed by atoms with Gasteiger partial charge in [-0.05, 0) is 19.1 Å². The molecule has 1 amide bonds. The van der Waals surface area contributed by atoms with E-state index in [9.17, 15) is 31.1 Å². The van der Waals surface area contributed by atoms with Crippen molar-refractivity contribution in [2.24, 2.45) is 5.41 Å². The zero-order valence-corrected chi connectivity index (χ0v) is 10.9. The molecule has 0 heterocycles. The molecule has 3 nitrogen and oxygen atoms in total. The Bertz CT molecular complexity index is 509. The van der Waals surface area contributed by atoms with Crippen molar-refractivity contribution < 1.29 is 35.9 Å². The lowest BCUT2D eigenvalue weighted by Crippen LogP contribution is -2.55. The molecule has 1 aromatic rings. The van der Waals surface area contributed by atoms with Crippen LogP contribution in [0.15, 0.2) is 24.3 Å². The lowest BCUT2D eigenvalue weighted by molar-refractivity contribution is -0.317. The van der Waals surface area contributed by atoms with Crippen molar-refractivity contribution >= 4 is 11.6 Å². The minimum absolute atomic E-state index is 0.0578. The molecule has 0 aliphatic carbocycles. The van der Waals surface area contributed by atoms with Gasteiger partial charge in [0.2, 0.25) is 11.3 Å². The predicted octanol–water partition coefficient (Wildman–Crippen LogP) is 3.76. The Morgan fingerprint density at radius 3 is 1.95 bits per heavy atom. The molecule has 0 aromatic heterocycles. The van der Waals surface area contributed by atoms with Crippen LogP contribution in [0.5, 0.6) is 5.75 Å². The summed E-state index contributed by atoms with van der Waals surface area (Å²) in [6, 6.07) is 5.19. The van der Waals surface area contributed by atoms with E-state index in [4.69, 9.17) is 4.74 Å². The number of carbonyl (C=O) groups excluding carboxylic acids is 1. The van der Waals surface area contributed by atoms with E-state index in [0.717, 1.165) is 13.2 Å². The molecule has 118 valence electrons. The molecule has 0 spiro atoms. The fourth-order valence-corrected chi connectivity index (χ4v) is 1.41. The first-order valence-electron chi connectivity index (χ1n) is 5.53. The minimum atomic E-state index is -5.79. The highest BCUT2D eigenvalue weighted by molar-refractivity contribution is 5.97. The highest BCUT2D eigenvalue weighted by Gasteiger charge is 2.72. The maximum Gasteiger partial charge on any atom is 0.411 e. The average molecular weight is 315 g/mol. The van der Waals surface area contributed by atoms with Gasteiger partial charge in [-0.1, -0.05) is 12.1 Å². The van der Waals surface area contributed by atoms with Gasteiger partial charge in [-0.3, -0.25) is 4.79 Å². The van der Waals surface area contributed by atoms with Gasteiger partial charge in [-0.15, -0.1) is 0 Å². The van der Waals surface area contributed by atoms with Gasteiger partial charge < -0.3 is 10.1 Å². The van der Waals surface area contributed by atoms with Crippen LogP contribution in [0.1, 0.15) is 6.92 Å². The average Bonchev–Trinajstić information content (AvgIpc) is 2.35. The van der Waals surface area contributed by atoms with E-state index in [1.54, 1.807) is 5.32 Å². The SMILES string of the molecule is COc1ccccc1NC(=O)C(C)(C(F)(F)F)C(F)(F)F. The lowest BCUT2D eigenvalue weighted by Gasteiger charge is -2.32. The number of alkyl halides is 6. The van der Waals surface area contributed by atoms with Crippen LogP contribution in [0.3, 0.4) is 0 Å². The number of anilines is 1. The number of hydrogen-bond donors (Lipinski definition) is 1. The monoisotopic (exact) mass is 315 g/mol. The van der Waals surface area contributed by atoms with Gasteiger partial charge in [-0.25, -0.2) is 0 Å². The third-order valence-electron chi connectivity index (χ3n) is 2.94. The second kappa shape index (κ2) is 5.45. The maximum absolute atomic E-state index is 12.7. The van der Waals surface area contributed by atoms with Gasteiger partial charge in [0.25, 0.3) is 0 Å². The molecule has 0 saturated carbocycles. The van der Waals surface area contributed by atoms with Crippen LogP contribution in [0.4, 0.5) is 32.0 Å². The van der Waals surface area contributed by atoms with E-state index < -0.39 is 23.7 Å². The van der Waals surface area contributed by atoms with E-state index in [1.807, 2.05) is 0 Å². The van der Waals surface area contributed by atoms with Crippen molar-refractivity contribution in [3.05, 3.63) is 24.3 Å². The first-order chi connectivity index (χ1) is 9.45. The number of carbonyl (C=O) groups is 1. The number of para-hydroxylation sites is 2. The van der Waals surface area contributed by atoms with Gasteiger partial charge in [0, 0.05) is 0 Å². The lowest BCUT2D eigenvalue weighted by atomic mass is 9.87. The summed E-state index contributed by atoms with van der Waals surface area (Å²) in [5.74, 6) is -2.29. The first kappa shape index (κ1) is 17.1. The molecule has 0 bridgehead atoms. The zero-order chi connectivity index (χ0) is 16.5.